The van der Waals surface area contributed by atoms with Crippen LogP contribution in [0.15, 0.2) is 30.5 Å². The Morgan fingerprint density at radius 2 is 1.94 bits per heavy atom. The van der Waals surface area contributed by atoms with Gasteiger partial charge in [0.15, 0.2) is 0 Å². The predicted octanol–water partition coefficient (Wildman–Crippen LogP) is 5.28. The molecule has 0 aliphatic heterocycles. The van der Waals surface area contributed by atoms with Crippen LogP contribution in [0.4, 0.5) is 22.7 Å². The molecule has 3 rings (SSSR count). The Bertz CT molecular complexity index is 1160. The molecule has 1 aromatic carbocycles. The number of halogens is 4. The Labute approximate surface area is 190 Å². The summed E-state index contributed by atoms with van der Waals surface area (Å²) < 4.78 is 63.9. The number of benzene rings is 1. The molecule has 2 heterocycles. The molecule has 176 valence electrons. The Balaban J connectivity index is 1.83. The van der Waals surface area contributed by atoms with E-state index < -0.39 is 29.9 Å². The number of alkyl halides is 3. The molecule has 0 aliphatic carbocycles. The van der Waals surface area contributed by atoms with E-state index in [0.29, 0.717) is 5.69 Å². The zero-order chi connectivity index (χ0) is 24.4. The predicted molar refractivity (Wildman–Crippen MR) is 114 cm³/mol. The number of ether oxygens (including phenoxy) is 2. The molecule has 0 fully saturated rings. The lowest BCUT2D eigenvalue weighted by atomic mass is 9.94. The van der Waals surface area contributed by atoms with Gasteiger partial charge in [0, 0.05) is 17.5 Å². The van der Waals surface area contributed by atoms with Crippen molar-refractivity contribution in [3.05, 3.63) is 47.5 Å². The average molecular weight is 484 g/mol. The van der Waals surface area contributed by atoms with Crippen LogP contribution in [0.5, 0.6) is 10.9 Å². The van der Waals surface area contributed by atoms with Gasteiger partial charge in [0.05, 0.1) is 23.7 Å². The number of aryl methyl sites for hydroxylation is 1. The van der Waals surface area contributed by atoms with E-state index >= 15 is 0 Å². The van der Waals surface area contributed by atoms with Gasteiger partial charge in [-0.05, 0) is 50.3 Å². The van der Waals surface area contributed by atoms with Crippen molar-refractivity contribution in [2.45, 2.75) is 26.9 Å². The molecule has 7 nitrogen and oxygen atoms in total. The van der Waals surface area contributed by atoms with Gasteiger partial charge in [0.1, 0.15) is 18.2 Å². The van der Waals surface area contributed by atoms with E-state index in [-0.39, 0.29) is 32.8 Å². The quantitative estimate of drug-likeness (QED) is 0.460. The number of nitrogens with zero attached hydrogens (tertiary/aromatic N) is 3. The van der Waals surface area contributed by atoms with Crippen molar-refractivity contribution in [1.82, 2.24) is 15.2 Å². The van der Waals surface area contributed by atoms with Crippen LogP contribution in [0, 0.1) is 18.2 Å². The standard InChI is InChI=1S/C21H20F4N4O3S/c1-11-8-12(16-14(22)6-5-7-15(16)31-4)13(9-26-11)17(30)27-18-28-29-19(33-18)32-10-20(2,3)21(23,24)25/h5-9H,10H2,1-4H3,(H,27,28,30). The van der Waals surface area contributed by atoms with Gasteiger partial charge >= 0.3 is 6.18 Å². The third kappa shape index (κ3) is 5.38. The van der Waals surface area contributed by atoms with Crippen molar-refractivity contribution < 1.29 is 31.8 Å². The fraction of sp³-hybridized carbons (Fsp3) is 0.333. The highest BCUT2D eigenvalue weighted by Crippen LogP contribution is 2.38. The molecular weight excluding hydrogens is 464 g/mol. The Kier molecular flexibility index (Phi) is 6.86. The maximum atomic E-state index is 14.6. The highest BCUT2D eigenvalue weighted by atomic mass is 32.1. The number of pyridine rings is 1. The van der Waals surface area contributed by atoms with Gasteiger partial charge in [0.25, 0.3) is 11.1 Å². The number of aromatic nitrogens is 3. The van der Waals surface area contributed by atoms with Gasteiger partial charge in [-0.3, -0.25) is 15.1 Å². The monoisotopic (exact) mass is 484 g/mol. The summed E-state index contributed by atoms with van der Waals surface area (Å²) >= 11 is 0.760. The van der Waals surface area contributed by atoms with Gasteiger partial charge in [-0.2, -0.15) is 13.2 Å². The first-order valence-electron chi connectivity index (χ1n) is 9.57. The molecule has 0 unspecified atom stereocenters. The topological polar surface area (TPSA) is 86.2 Å². The minimum Gasteiger partial charge on any atom is -0.496 e. The largest absolute Gasteiger partial charge is 0.496 e. The molecule has 0 aliphatic rings. The van der Waals surface area contributed by atoms with Crippen LogP contribution in [0.3, 0.4) is 0 Å². The molecule has 1 N–H and O–H groups in total. The van der Waals surface area contributed by atoms with Crippen LogP contribution in [-0.4, -0.2) is 41.0 Å². The lowest BCUT2D eigenvalue weighted by Crippen LogP contribution is -2.37. The van der Waals surface area contributed by atoms with Crippen LogP contribution in [-0.2, 0) is 0 Å². The summed E-state index contributed by atoms with van der Waals surface area (Å²) in [5.74, 6) is -1.03. The Morgan fingerprint density at radius 3 is 2.61 bits per heavy atom. The maximum absolute atomic E-state index is 14.6. The third-order valence-corrected chi connectivity index (χ3v) is 5.45. The second-order valence-corrected chi connectivity index (χ2v) is 8.63. The van der Waals surface area contributed by atoms with Gasteiger partial charge in [-0.1, -0.05) is 11.2 Å². The first kappa shape index (κ1) is 24.4. The number of amides is 1. The third-order valence-electron chi connectivity index (χ3n) is 4.70. The second-order valence-electron chi connectivity index (χ2n) is 7.69. The summed E-state index contributed by atoms with van der Waals surface area (Å²) in [6.45, 7) is 3.02. The molecule has 12 heteroatoms. The molecule has 3 aromatic rings. The molecule has 0 radical (unpaired) electrons. The number of rotatable bonds is 7. The van der Waals surface area contributed by atoms with Crippen LogP contribution >= 0.6 is 11.3 Å². The molecule has 2 aromatic heterocycles. The number of carbonyl (C=O) groups excluding carboxylic acids is 1. The van der Waals surface area contributed by atoms with Crippen LogP contribution < -0.4 is 14.8 Å². The van der Waals surface area contributed by atoms with Gasteiger partial charge in [0.2, 0.25) is 5.13 Å². The van der Waals surface area contributed by atoms with Crippen molar-refractivity contribution in [3.63, 3.8) is 0 Å². The molecular formula is C21H20F4N4O3S. The van der Waals surface area contributed by atoms with Crippen LogP contribution in [0.1, 0.15) is 29.9 Å². The number of hydrogen-bond donors (Lipinski definition) is 1. The summed E-state index contributed by atoms with van der Waals surface area (Å²) in [6.07, 6.45) is -3.17. The van der Waals surface area contributed by atoms with Crippen molar-refractivity contribution in [2.75, 3.05) is 19.0 Å². The second kappa shape index (κ2) is 9.30. The lowest BCUT2D eigenvalue weighted by molar-refractivity contribution is -0.219. The zero-order valence-electron chi connectivity index (χ0n) is 18.1. The molecule has 0 saturated carbocycles. The summed E-state index contributed by atoms with van der Waals surface area (Å²) in [7, 11) is 1.38. The number of nitrogens with one attached hydrogen (secondary N) is 1. The highest BCUT2D eigenvalue weighted by molar-refractivity contribution is 7.17. The number of methoxy groups -OCH3 is 1. The smallest absolute Gasteiger partial charge is 0.397 e. The van der Waals surface area contributed by atoms with E-state index in [4.69, 9.17) is 9.47 Å². The van der Waals surface area contributed by atoms with E-state index in [0.717, 1.165) is 25.2 Å². The summed E-state index contributed by atoms with van der Waals surface area (Å²) in [4.78, 5) is 17.0. The van der Waals surface area contributed by atoms with E-state index in [1.807, 2.05) is 0 Å². The van der Waals surface area contributed by atoms with Crippen LogP contribution in [0.2, 0.25) is 0 Å². The average Bonchev–Trinajstić information content (AvgIpc) is 3.18. The Hall–Kier alpha value is -3.28. The summed E-state index contributed by atoms with van der Waals surface area (Å²) in [6, 6.07) is 5.83. The highest BCUT2D eigenvalue weighted by Gasteiger charge is 2.48. The molecule has 1 amide bonds. The fourth-order valence-electron chi connectivity index (χ4n) is 2.69. The van der Waals surface area contributed by atoms with Gasteiger partial charge in [-0.25, -0.2) is 4.39 Å². The lowest BCUT2D eigenvalue weighted by Gasteiger charge is -2.26. The summed E-state index contributed by atoms with van der Waals surface area (Å²) in [5, 5.41) is 9.73. The molecule has 33 heavy (non-hydrogen) atoms. The van der Waals surface area contributed by atoms with E-state index in [2.05, 4.69) is 20.5 Å². The first-order valence-corrected chi connectivity index (χ1v) is 10.4. The number of hydrogen-bond acceptors (Lipinski definition) is 7. The number of anilines is 1. The first-order chi connectivity index (χ1) is 15.4. The van der Waals surface area contributed by atoms with E-state index in [1.165, 1.54) is 25.4 Å². The summed E-state index contributed by atoms with van der Waals surface area (Å²) in [5.41, 5.74) is -1.16. The number of carbonyl (C=O) groups is 1. The minimum atomic E-state index is -4.46. The molecule has 0 bridgehead atoms. The van der Waals surface area contributed by atoms with Crippen LogP contribution in [0.25, 0.3) is 11.1 Å². The Morgan fingerprint density at radius 1 is 1.21 bits per heavy atom. The zero-order valence-corrected chi connectivity index (χ0v) is 18.9. The minimum absolute atomic E-state index is 0.00756. The van der Waals surface area contributed by atoms with E-state index in [9.17, 15) is 22.4 Å². The molecule has 0 atom stereocenters. The van der Waals surface area contributed by atoms with Gasteiger partial charge < -0.3 is 9.47 Å². The van der Waals surface area contributed by atoms with Crippen molar-refractivity contribution in [3.8, 4) is 22.1 Å². The van der Waals surface area contributed by atoms with Crippen molar-refractivity contribution >= 4 is 22.4 Å². The fourth-order valence-corrected chi connectivity index (χ4v) is 3.28. The van der Waals surface area contributed by atoms with Crippen molar-refractivity contribution in [1.29, 1.82) is 0 Å². The maximum Gasteiger partial charge on any atom is 0.397 e. The molecule has 0 spiro atoms. The molecule has 0 saturated heterocycles. The van der Waals surface area contributed by atoms with Crippen molar-refractivity contribution in [2.24, 2.45) is 5.41 Å². The van der Waals surface area contributed by atoms with E-state index in [1.54, 1.807) is 19.1 Å². The normalized spacial score (nSPS) is 11.9. The van der Waals surface area contributed by atoms with Gasteiger partial charge in [-0.15, -0.1) is 5.10 Å². The SMILES string of the molecule is COc1cccc(F)c1-c1cc(C)ncc1C(=O)Nc1nnc(OCC(C)(C)C(F)(F)F)s1.